The second-order valence-electron chi connectivity index (χ2n) is 4.97. The SMILES string of the molecule is O=C1/C(=C/C=C/c2ccccc2)Cc2cc(O)c(O)cc21. The van der Waals surface area contributed by atoms with Gasteiger partial charge in [0.1, 0.15) is 0 Å². The number of hydrogen-bond donors (Lipinski definition) is 2. The van der Waals surface area contributed by atoms with Crippen LogP contribution in [-0.4, -0.2) is 16.0 Å². The Morgan fingerprint density at radius 2 is 1.71 bits per heavy atom. The highest BCUT2D eigenvalue weighted by atomic mass is 16.3. The molecule has 2 aromatic carbocycles. The molecule has 0 aromatic heterocycles. The van der Waals surface area contributed by atoms with Gasteiger partial charge < -0.3 is 10.2 Å². The maximum absolute atomic E-state index is 12.2. The summed E-state index contributed by atoms with van der Waals surface area (Å²) in [6.07, 6.45) is 6.02. The van der Waals surface area contributed by atoms with E-state index in [9.17, 15) is 15.0 Å². The highest BCUT2D eigenvalue weighted by Crippen LogP contribution is 2.35. The van der Waals surface area contributed by atoms with Crippen LogP contribution in [0.4, 0.5) is 0 Å². The van der Waals surface area contributed by atoms with Crippen molar-refractivity contribution in [2.75, 3.05) is 0 Å². The summed E-state index contributed by atoms with van der Waals surface area (Å²) >= 11 is 0. The van der Waals surface area contributed by atoms with Gasteiger partial charge in [0, 0.05) is 17.6 Å². The fraction of sp³-hybridized carbons (Fsp3) is 0.0556. The van der Waals surface area contributed by atoms with Crippen LogP contribution < -0.4 is 0 Å². The molecule has 21 heavy (non-hydrogen) atoms. The predicted octanol–water partition coefficient (Wildman–Crippen LogP) is 3.48. The van der Waals surface area contributed by atoms with Crippen molar-refractivity contribution in [1.29, 1.82) is 0 Å². The molecule has 0 atom stereocenters. The van der Waals surface area contributed by atoms with E-state index in [1.54, 1.807) is 6.08 Å². The zero-order valence-corrected chi connectivity index (χ0v) is 11.3. The summed E-state index contributed by atoms with van der Waals surface area (Å²) in [5.41, 5.74) is 2.93. The van der Waals surface area contributed by atoms with Gasteiger partial charge in [-0.25, -0.2) is 0 Å². The number of rotatable bonds is 2. The van der Waals surface area contributed by atoms with Gasteiger partial charge in [-0.2, -0.15) is 0 Å². The minimum Gasteiger partial charge on any atom is -0.504 e. The molecule has 0 unspecified atom stereocenters. The molecule has 0 spiro atoms. The average molecular weight is 278 g/mol. The first-order valence-corrected chi connectivity index (χ1v) is 6.67. The number of benzene rings is 2. The third-order valence-corrected chi connectivity index (χ3v) is 3.50. The van der Waals surface area contributed by atoms with Gasteiger partial charge in [-0.1, -0.05) is 48.6 Å². The van der Waals surface area contributed by atoms with Crippen LogP contribution in [0.2, 0.25) is 0 Å². The zero-order chi connectivity index (χ0) is 14.8. The molecule has 3 heteroatoms. The third kappa shape index (κ3) is 2.58. The minimum absolute atomic E-state index is 0.0991. The quantitative estimate of drug-likeness (QED) is 0.653. The molecule has 0 fully saturated rings. The van der Waals surface area contributed by atoms with Crippen molar-refractivity contribution in [3.05, 3.63) is 76.9 Å². The lowest BCUT2D eigenvalue weighted by Gasteiger charge is -2.00. The lowest BCUT2D eigenvalue weighted by atomic mass is 10.1. The summed E-state index contributed by atoms with van der Waals surface area (Å²) in [4.78, 5) is 12.2. The molecule has 1 aliphatic rings. The summed E-state index contributed by atoms with van der Waals surface area (Å²) < 4.78 is 0. The van der Waals surface area contributed by atoms with E-state index in [0.717, 1.165) is 11.1 Å². The largest absolute Gasteiger partial charge is 0.504 e. The van der Waals surface area contributed by atoms with Gasteiger partial charge in [0.15, 0.2) is 17.3 Å². The van der Waals surface area contributed by atoms with E-state index in [1.807, 2.05) is 42.5 Å². The fourth-order valence-electron chi connectivity index (χ4n) is 2.41. The molecule has 0 heterocycles. The minimum atomic E-state index is -0.261. The molecule has 104 valence electrons. The molecule has 2 N–H and O–H groups in total. The molecule has 0 aliphatic heterocycles. The van der Waals surface area contributed by atoms with Crippen molar-refractivity contribution in [3.8, 4) is 11.5 Å². The monoisotopic (exact) mass is 278 g/mol. The molecule has 3 nitrogen and oxygen atoms in total. The summed E-state index contributed by atoms with van der Waals surface area (Å²) in [6, 6.07) is 12.6. The number of phenols is 2. The molecule has 2 aromatic rings. The van der Waals surface area contributed by atoms with E-state index in [-0.39, 0.29) is 17.3 Å². The molecular weight excluding hydrogens is 264 g/mol. The van der Waals surface area contributed by atoms with Crippen LogP contribution in [0.25, 0.3) is 6.08 Å². The standard InChI is InChI=1S/C18H14O3/c19-16-10-14-9-13(18(21)15(14)11-17(16)20)8-4-7-12-5-2-1-3-6-12/h1-8,10-11,19-20H,9H2/b7-4+,13-8+. The van der Waals surface area contributed by atoms with Gasteiger partial charge in [-0.3, -0.25) is 4.79 Å². The van der Waals surface area contributed by atoms with Gasteiger partial charge in [0.2, 0.25) is 0 Å². The van der Waals surface area contributed by atoms with E-state index in [4.69, 9.17) is 0 Å². The third-order valence-electron chi connectivity index (χ3n) is 3.50. The predicted molar refractivity (Wildman–Crippen MR) is 81.4 cm³/mol. The van der Waals surface area contributed by atoms with Gasteiger partial charge in [-0.05, 0) is 23.3 Å². The fourth-order valence-corrected chi connectivity index (χ4v) is 2.41. The topological polar surface area (TPSA) is 57.5 Å². The highest BCUT2D eigenvalue weighted by Gasteiger charge is 2.25. The second kappa shape index (κ2) is 5.29. The highest BCUT2D eigenvalue weighted by molar-refractivity contribution is 6.13. The van der Waals surface area contributed by atoms with E-state index < -0.39 is 0 Å². The Labute approximate surface area is 122 Å². The molecular formula is C18H14O3. The Balaban J connectivity index is 1.84. The summed E-state index contributed by atoms with van der Waals surface area (Å²) in [7, 11) is 0. The Kier molecular flexibility index (Phi) is 3.32. The maximum Gasteiger partial charge on any atom is 0.189 e. The van der Waals surface area contributed by atoms with Crippen LogP contribution in [0.5, 0.6) is 11.5 Å². The van der Waals surface area contributed by atoms with Crippen LogP contribution in [-0.2, 0) is 6.42 Å². The number of Topliss-reactive ketones (excluding diaryl/α,β-unsaturated/α-hetero) is 1. The van der Waals surface area contributed by atoms with Crippen molar-refractivity contribution < 1.29 is 15.0 Å². The summed E-state index contributed by atoms with van der Waals surface area (Å²) in [6.45, 7) is 0. The molecule has 1 aliphatic carbocycles. The van der Waals surface area contributed by atoms with Crippen molar-refractivity contribution >= 4 is 11.9 Å². The van der Waals surface area contributed by atoms with Gasteiger partial charge in [-0.15, -0.1) is 0 Å². The maximum atomic E-state index is 12.2. The Hall–Kier alpha value is -2.81. The van der Waals surface area contributed by atoms with Crippen LogP contribution in [0.1, 0.15) is 21.5 Å². The van der Waals surface area contributed by atoms with Crippen molar-refractivity contribution in [2.24, 2.45) is 0 Å². The van der Waals surface area contributed by atoms with E-state index >= 15 is 0 Å². The van der Waals surface area contributed by atoms with Crippen molar-refractivity contribution in [3.63, 3.8) is 0 Å². The first kappa shape index (κ1) is 13.2. The summed E-state index contributed by atoms with van der Waals surface area (Å²) in [5, 5.41) is 19.0. The number of carbonyl (C=O) groups is 1. The Morgan fingerprint density at radius 1 is 1.00 bits per heavy atom. The first-order chi connectivity index (χ1) is 10.1. The van der Waals surface area contributed by atoms with E-state index in [1.165, 1.54) is 12.1 Å². The molecule has 0 saturated heterocycles. The second-order valence-corrected chi connectivity index (χ2v) is 4.97. The summed E-state index contributed by atoms with van der Waals surface area (Å²) in [5.74, 6) is -0.552. The number of carbonyl (C=O) groups excluding carboxylic acids is 1. The number of fused-ring (bicyclic) bond motifs is 1. The van der Waals surface area contributed by atoms with Crippen LogP contribution in [0.3, 0.4) is 0 Å². The van der Waals surface area contributed by atoms with Crippen molar-refractivity contribution in [2.45, 2.75) is 6.42 Å². The number of phenolic OH excluding ortho intramolecular Hbond substituents is 2. The number of hydrogen-bond acceptors (Lipinski definition) is 3. The molecule has 0 bridgehead atoms. The molecule has 0 radical (unpaired) electrons. The van der Waals surface area contributed by atoms with Crippen LogP contribution >= 0.6 is 0 Å². The van der Waals surface area contributed by atoms with E-state index in [0.29, 0.717) is 17.6 Å². The lowest BCUT2D eigenvalue weighted by molar-refractivity contribution is 0.103. The van der Waals surface area contributed by atoms with Crippen LogP contribution in [0.15, 0.2) is 60.2 Å². The number of aromatic hydroxyl groups is 2. The molecule has 3 rings (SSSR count). The van der Waals surface area contributed by atoms with Gasteiger partial charge in [0.05, 0.1) is 0 Å². The lowest BCUT2D eigenvalue weighted by Crippen LogP contribution is -1.94. The van der Waals surface area contributed by atoms with Crippen LogP contribution in [0, 0.1) is 0 Å². The van der Waals surface area contributed by atoms with Crippen molar-refractivity contribution in [1.82, 2.24) is 0 Å². The first-order valence-electron chi connectivity index (χ1n) is 6.67. The van der Waals surface area contributed by atoms with E-state index in [2.05, 4.69) is 0 Å². The smallest absolute Gasteiger partial charge is 0.189 e. The Morgan fingerprint density at radius 3 is 2.48 bits per heavy atom. The average Bonchev–Trinajstić information content (AvgIpc) is 2.77. The van der Waals surface area contributed by atoms with Gasteiger partial charge >= 0.3 is 0 Å². The zero-order valence-electron chi connectivity index (χ0n) is 11.3. The number of allylic oxidation sites excluding steroid dienone is 3. The van der Waals surface area contributed by atoms with Gasteiger partial charge in [0.25, 0.3) is 0 Å². The molecule has 0 saturated carbocycles. The number of ketones is 1. The Bertz CT molecular complexity index is 756. The molecule has 0 amide bonds. The normalized spacial score (nSPS) is 15.8.